The van der Waals surface area contributed by atoms with Gasteiger partial charge in [-0.2, -0.15) is 12.7 Å². The second kappa shape index (κ2) is 5.59. The lowest BCUT2D eigenvalue weighted by molar-refractivity contribution is 0.0730. The third kappa shape index (κ3) is 2.59. The van der Waals surface area contributed by atoms with Crippen molar-refractivity contribution < 1.29 is 13.2 Å². The van der Waals surface area contributed by atoms with Crippen molar-refractivity contribution in [1.29, 1.82) is 0 Å². The molecule has 0 radical (unpaired) electrons. The smallest absolute Gasteiger partial charge is 0.304 e. The molecule has 112 valence electrons. The Kier molecular flexibility index (Phi) is 3.79. The quantitative estimate of drug-likeness (QED) is 0.856. The first-order valence-electron chi connectivity index (χ1n) is 6.76. The van der Waals surface area contributed by atoms with Crippen molar-refractivity contribution in [3.05, 3.63) is 36.5 Å². The van der Waals surface area contributed by atoms with E-state index in [1.165, 1.54) is 8.61 Å². The van der Waals surface area contributed by atoms with Crippen LogP contribution in [0.1, 0.15) is 0 Å². The minimum absolute atomic E-state index is 0.380. The lowest BCUT2D eigenvalue weighted by Gasteiger charge is -2.31. The standard InChI is InChI=1S/C14H17N3O3S/c1-16(21(18,19)17-8-10-20-11-9-17)13-6-2-4-12-5-3-7-15-14(12)13/h2-7H,8-11H2,1H3. The molecule has 6 nitrogen and oxygen atoms in total. The van der Waals surface area contributed by atoms with Crippen LogP contribution in [-0.2, 0) is 14.9 Å². The van der Waals surface area contributed by atoms with Gasteiger partial charge in [0.15, 0.2) is 0 Å². The van der Waals surface area contributed by atoms with Crippen molar-refractivity contribution in [2.45, 2.75) is 0 Å². The third-order valence-electron chi connectivity index (χ3n) is 3.59. The molecule has 21 heavy (non-hydrogen) atoms. The van der Waals surface area contributed by atoms with Crippen molar-refractivity contribution in [3.8, 4) is 0 Å². The van der Waals surface area contributed by atoms with Crippen molar-refractivity contribution in [1.82, 2.24) is 9.29 Å². The molecule has 0 aliphatic carbocycles. The molecule has 0 spiro atoms. The van der Waals surface area contributed by atoms with Crippen LogP contribution in [0.25, 0.3) is 10.9 Å². The number of anilines is 1. The van der Waals surface area contributed by atoms with Gasteiger partial charge in [-0.15, -0.1) is 0 Å². The van der Waals surface area contributed by atoms with E-state index in [9.17, 15) is 8.42 Å². The van der Waals surface area contributed by atoms with Crippen LogP contribution in [0.2, 0.25) is 0 Å². The van der Waals surface area contributed by atoms with E-state index in [1.54, 1.807) is 19.3 Å². The molecular formula is C14H17N3O3S. The van der Waals surface area contributed by atoms with Crippen LogP contribution in [0, 0.1) is 0 Å². The predicted molar refractivity (Wildman–Crippen MR) is 81.5 cm³/mol. The second-order valence-electron chi connectivity index (χ2n) is 4.84. The highest BCUT2D eigenvalue weighted by atomic mass is 32.2. The first-order valence-corrected chi connectivity index (χ1v) is 8.16. The maximum absolute atomic E-state index is 12.7. The van der Waals surface area contributed by atoms with E-state index in [0.717, 1.165) is 5.39 Å². The Labute approximate surface area is 124 Å². The van der Waals surface area contributed by atoms with Gasteiger partial charge in [0.05, 0.1) is 24.4 Å². The Morgan fingerprint density at radius 3 is 2.67 bits per heavy atom. The molecule has 2 aromatic rings. The number of morpholine rings is 1. The Morgan fingerprint density at radius 1 is 1.19 bits per heavy atom. The lowest BCUT2D eigenvalue weighted by Crippen LogP contribution is -2.47. The van der Waals surface area contributed by atoms with Crippen LogP contribution in [0.4, 0.5) is 5.69 Å². The SMILES string of the molecule is CN(c1cccc2cccnc12)S(=O)(=O)N1CCOCC1. The molecule has 1 fully saturated rings. The van der Waals surface area contributed by atoms with Gasteiger partial charge < -0.3 is 4.74 Å². The number of pyridine rings is 1. The average Bonchev–Trinajstić information content (AvgIpc) is 2.54. The van der Waals surface area contributed by atoms with E-state index in [1.807, 2.05) is 24.3 Å². The largest absolute Gasteiger partial charge is 0.379 e. The van der Waals surface area contributed by atoms with Gasteiger partial charge in [-0.25, -0.2) is 0 Å². The summed E-state index contributed by atoms with van der Waals surface area (Å²) >= 11 is 0. The summed E-state index contributed by atoms with van der Waals surface area (Å²) in [7, 11) is -2.00. The number of fused-ring (bicyclic) bond motifs is 1. The van der Waals surface area contributed by atoms with Gasteiger partial charge >= 0.3 is 10.2 Å². The zero-order valence-electron chi connectivity index (χ0n) is 11.8. The summed E-state index contributed by atoms with van der Waals surface area (Å²) < 4.78 is 33.4. The molecule has 0 atom stereocenters. The highest BCUT2D eigenvalue weighted by Crippen LogP contribution is 2.27. The van der Waals surface area contributed by atoms with Crippen LogP contribution >= 0.6 is 0 Å². The number of rotatable bonds is 3. The van der Waals surface area contributed by atoms with Crippen LogP contribution in [0.5, 0.6) is 0 Å². The fourth-order valence-corrected chi connectivity index (χ4v) is 3.77. The Bertz CT molecular complexity index is 737. The zero-order valence-corrected chi connectivity index (χ0v) is 12.6. The van der Waals surface area contributed by atoms with Crippen LogP contribution in [-0.4, -0.2) is 51.1 Å². The van der Waals surface area contributed by atoms with Gasteiger partial charge in [0.25, 0.3) is 0 Å². The van der Waals surface area contributed by atoms with Crippen LogP contribution < -0.4 is 4.31 Å². The second-order valence-corrected chi connectivity index (χ2v) is 6.80. The van der Waals surface area contributed by atoms with Crippen LogP contribution in [0.3, 0.4) is 0 Å². The van der Waals surface area contributed by atoms with Crippen molar-refractivity contribution in [2.24, 2.45) is 0 Å². The number of para-hydroxylation sites is 1. The van der Waals surface area contributed by atoms with Gasteiger partial charge in [-0.05, 0) is 12.1 Å². The monoisotopic (exact) mass is 307 g/mol. The molecule has 1 aromatic heterocycles. The molecule has 1 saturated heterocycles. The summed E-state index contributed by atoms with van der Waals surface area (Å²) in [4.78, 5) is 4.31. The molecule has 0 saturated carbocycles. The van der Waals surface area contributed by atoms with Gasteiger partial charge in [0, 0.05) is 31.7 Å². The van der Waals surface area contributed by atoms with Gasteiger partial charge in [-0.1, -0.05) is 18.2 Å². The number of benzene rings is 1. The summed E-state index contributed by atoms with van der Waals surface area (Å²) in [6, 6.07) is 9.28. The normalized spacial score (nSPS) is 17.0. The fourth-order valence-electron chi connectivity index (χ4n) is 2.42. The minimum Gasteiger partial charge on any atom is -0.379 e. The van der Waals surface area contributed by atoms with E-state index in [0.29, 0.717) is 37.5 Å². The first-order chi connectivity index (χ1) is 10.1. The average molecular weight is 307 g/mol. The summed E-state index contributed by atoms with van der Waals surface area (Å²) in [5, 5.41) is 0.916. The molecule has 1 aliphatic rings. The van der Waals surface area contributed by atoms with Crippen molar-refractivity contribution in [3.63, 3.8) is 0 Å². The zero-order chi connectivity index (χ0) is 14.9. The molecule has 1 aromatic carbocycles. The molecule has 7 heteroatoms. The van der Waals surface area contributed by atoms with E-state index >= 15 is 0 Å². The lowest BCUT2D eigenvalue weighted by atomic mass is 10.2. The van der Waals surface area contributed by atoms with E-state index < -0.39 is 10.2 Å². The molecule has 2 heterocycles. The maximum Gasteiger partial charge on any atom is 0.304 e. The number of hydrogen-bond donors (Lipinski definition) is 0. The molecule has 0 unspecified atom stereocenters. The molecule has 3 rings (SSSR count). The van der Waals surface area contributed by atoms with Gasteiger partial charge in [0.1, 0.15) is 0 Å². The fraction of sp³-hybridized carbons (Fsp3) is 0.357. The molecule has 0 amide bonds. The minimum atomic E-state index is -3.56. The Morgan fingerprint density at radius 2 is 1.90 bits per heavy atom. The van der Waals surface area contributed by atoms with Gasteiger partial charge in [-0.3, -0.25) is 9.29 Å². The Hall–Kier alpha value is -1.70. The van der Waals surface area contributed by atoms with Gasteiger partial charge in [0.2, 0.25) is 0 Å². The topological polar surface area (TPSA) is 62.7 Å². The number of ether oxygens (including phenoxy) is 1. The first kappa shape index (κ1) is 14.2. The molecule has 0 N–H and O–H groups in total. The third-order valence-corrected chi connectivity index (χ3v) is 5.50. The summed E-state index contributed by atoms with van der Waals surface area (Å²) in [6.07, 6.45) is 1.67. The summed E-state index contributed by atoms with van der Waals surface area (Å²) in [5.74, 6) is 0. The summed E-state index contributed by atoms with van der Waals surface area (Å²) in [6.45, 7) is 1.62. The molecule has 0 bridgehead atoms. The van der Waals surface area contributed by atoms with E-state index in [-0.39, 0.29) is 0 Å². The van der Waals surface area contributed by atoms with E-state index in [4.69, 9.17) is 4.74 Å². The predicted octanol–water partition coefficient (Wildman–Crippen LogP) is 1.25. The summed E-state index contributed by atoms with van der Waals surface area (Å²) in [5.41, 5.74) is 1.26. The van der Waals surface area contributed by atoms with Crippen molar-refractivity contribution in [2.75, 3.05) is 37.7 Å². The van der Waals surface area contributed by atoms with E-state index in [2.05, 4.69) is 4.98 Å². The number of aromatic nitrogens is 1. The van der Waals surface area contributed by atoms with Crippen molar-refractivity contribution >= 4 is 26.8 Å². The molecule has 1 aliphatic heterocycles. The van der Waals surface area contributed by atoms with Crippen LogP contribution in [0.15, 0.2) is 36.5 Å². The molecular weight excluding hydrogens is 290 g/mol. The number of hydrogen-bond acceptors (Lipinski definition) is 4. The Balaban J connectivity index is 2.01. The highest BCUT2D eigenvalue weighted by molar-refractivity contribution is 7.90. The highest BCUT2D eigenvalue weighted by Gasteiger charge is 2.29. The number of nitrogens with zero attached hydrogens (tertiary/aromatic N) is 3. The maximum atomic E-state index is 12.7.